The number of hydrazone groups is 1. The largest absolute Gasteiger partial charge is 0.497 e. The molecule has 0 aromatic heterocycles. The van der Waals surface area contributed by atoms with Crippen LogP contribution in [0.15, 0.2) is 76.3 Å². The Morgan fingerprint density at radius 1 is 1.03 bits per heavy atom. The molecule has 3 aromatic rings. The molecule has 158 valence electrons. The van der Waals surface area contributed by atoms with Crippen LogP contribution in [0.1, 0.15) is 42.3 Å². The highest BCUT2D eigenvalue weighted by atomic mass is 79.9. The van der Waals surface area contributed by atoms with Crippen molar-refractivity contribution in [2.24, 2.45) is 5.10 Å². The van der Waals surface area contributed by atoms with Crippen molar-refractivity contribution in [3.8, 4) is 17.2 Å². The van der Waals surface area contributed by atoms with Gasteiger partial charge in [0.2, 0.25) is 6.23 Å². The molecule has 5 rings (SSSR count). The Balaban J connectivity index is 1.53. The van der Waals surface area contributed by atoms with E-state index in [4.69, 9.17) is 19.3 Å². The zero-order chi connectivity index (χ0) is 21.4. The Morgan fingerprint density at radius 2 is 1.77 bits per heavy atom. The lowest BCUT2D eigenvalue weighted by molar-refractivity contribution is -0.0191. The van der Waals surface area contributed by atoms with Crippen LogP contribution in [0.5, 0.6) is 17.2 Å². The second kappa shape index (κ2) is 8.27. The van der Waals surface area contributed by atoms with E-state index < -0.39 is 0 Å². The number of benzene rings is 3. The van der Waals surface area contributed by atoms with Crippen LogP contribution in [0, 0.1) is 0 Å². The summed E-state index contributed by atoms with van der Waals surface area (Å²) in [5, 5.41) is 7.11. The monoisotopic (exact) mass is 478 g/mol. The van der Waals surface area contributed by atoms with E-state index in [1.807, 2.05) is 43.3 Å². The fraction of sp³-hybridized carbons (Fsp3) is 0.240. The number of hydrogen-bond donors (Lipinski definition) is 0. The second-order valence-corrected chi connectivity index (χ2v) is 8.45. The predicted molar refractivity (Wildman–Crippen MR) is 124 cm³/mol. The van der Waals surface area contributed by atoms with E-state index >= 15 is 0 Å². The van der Waals surface area contributed by atoms with Crippen molar-refractivity contribution in [2.45, 2.75) is 25.6 Å². The van der Waals surface area contributed by atoms with E-state index in [2.05, 4.69) is 51.3 Å². The summed E-state index contributed by atoms with van der Waals surface area (Å²) in [6, 6.07) is 22.4. The van der Waals surface area contributed by atoms with Gasteiger partial charge in [0, 0.05) is 22.0 Å². The van der Waals surface area contributed by atoms with Crippen LogP contribution in [0.25, 0.3) is 0 Å². The SMILES string of the molecule is CCOc1ccc([C@H]2Oc3ccc(Br)cc3[C@H]3CC(c4ccc(OC)cc4)=NN32)cc1. The average Bonchev–Trinajstić information content (AvgIpc) is 3.25. The first kappa shape index (κ1) is 19.9. The van der Waals surface area contributed by atoms with Gasteiger partial charge in [-0.05, 0) is 79.2 Å². The van der Waals surface area contributed by atoms with Crippen LogP contribution in [0.2, 0.25) is 0 Å². The second-order valence-electron chi connectivity index (χ2n) is 7.53. The molecule has 2 aliphatic heterocycles. The molecule has 3 aromatic carbocycles. The molecule has 0 radical (unpaired) electrons. The standard InChI is InChI=1S/C25H23BrN2O3/c1-3-30-20-11-6-17(7-12-20)25-28-23(21-14-18(26)8-13-24(21)31-25)15-22(27-28)16-4-9-19(29-2)10-5-16/h4-14,23,25H,3,15H2,1-2H3/t23-,25-/m1/s1. The maximum atomic E-state index is 6.44. The Hall–Kier alpha value is -2.99. The lowest BCUT2D eigenvalue weighted by Gasteiger charge is -2.38. The Morgan fingerprint density at radius 3 is 2.48 bits per heavy atom. The van der Waals surface area contributed by atoms with Gasteiger partial charge in [0.05, 0.1) is 25.5 Å². The van der Waals surface area contributed by atoms with Crippen LogP contribution < -0.4 is 14.2 Å². The molecule has 0 bridgehead atoms. The van der Waals surface area contributed by atoms with Crippen molar-refractivity contribution in [2.75, 3.05) is 13.7 Å². The molecule has 5 nitrogen and oxygen atoms in total. The van der Waals surface area contributed by atoms with E-state index in [0.29, 0.717) is 6.61 Å². The molecule has 31 heavy (non-hydrogen) atoms. The molecule has 0 N–H and O–H groups in total. The van der Waals surface area contributed by atoms with E-state index in [9.17, 15) is 0 Å². The fourth-order valence-corrected chi connectivity index (χ4v) is 4.51. The number of halogens is 1. The molecular formula is C25H23BrN2O3. The first-order valence-electron chi connectivity index (χ1n) is 10.4. The minimum Gasteiger partial charge on any atom is -0.497 e. The molecule has 2 aliphatic rings. The van der Waals surface area contributed by atoms with Gasteiger partial charge in [0.1, 0.15) is 17.2 Å². The van der Waals surface area contributed by atoms with E-state index in [-0.39, 0.29) is 12.3 Å². The molecule has 6 heteroatoms. The van der Waals surface area contributed by atoms with Crippen LogP contribution in [-0.4, -0.2) is 24.4 Å². The van der Waals surface area contributed by atoms with Crippen molar-refractivity contribution in [3.05, 3.63) is 87.9 Å². The lowest BCUT2D eigenvalue weighted by Crippen LogP contribution is -2.33. The summed E-state index contributed by atoms with van der Waals surface area (Å²) in [7, 11) is 1.68. The smallest absolute Gasteiger partial charge is 0.213 e. The van der Waals surface area contributed by atoms with Gasteiger partial charge in [-0.25, -0.2) is 5.01 Å². The Labute approximate surface area is 190 Å². The van der Waals surface area contributed by atoms with Gasteiger partial charge < -0.3 is 14.2 Å². The average molecular weight is 479 g/mol. The van der Waals surface area contributed by atoms with E-state index in [1.165, 1.54) is 0 Å². The number of rotatable bonds is 5. The summed E-state index contributed by atoms with van der Waals surface area (Å²) >= 11 is 3.61. The van der Waals surface area contributed by atoms with Crippen molar-refractivity contribution in [1.29, 1.82) is 0 Å². The molecule has 0 spiro atoms. The fourth-order valence-electron chi connectivity index (χ4n) is 4.13. The van der Waals surface area contributed by atoms with Crippen molar-refractivity contribution in [1.82, 2.24) is 5.01 Å². The predicted octanol–water partition coefficient (Wildman–Crippen LogP) is 6.10. The first-order chi connectivity index (χ1) is 15.2. The van der Waals surface area contributed by atoms with Gasteiger partial charge in [-0.15, -0.1) is 0 Å². The highest BCUT2D eigenvalue weighted by Crippen LogP contribution is 2.48. The normalized spacial score (nSPS) is 19.2. The highest BCUT2D eigenvalue weighted by Gasteiger charge is 2.41. The summed E-state index contributed by atoms with van der Waals surface area (Å²) in [4.78, 5) is 0. The van der Waals surface area contributed by atoms with Gasteiger partial charge in [-0.3, -0.25) is 0 Å². The number of nitrogens with zero attached hydrogens (tertiary/aromatic N) is 2. The molecule has 0 unspecified atom stereocenters. The third kappa shape index (κ3) is 3.76. The first-order valence-corrected chi connectivity index (χ1v) is 11.1. The van der Waals surface area contributed by atoms with Crippen LogP contribution in [0.3, 0.4) is 0 Å². The van der Waals surface area contributed by atoms with Crippen molar-refractivity contribution in [3.63, 3.8) is 0 Å². The van der Waals surface area contributed by atoms with Crippen molar-refractivity contribution >= 4 is 21.6 Å². The molecule has 0 saturated carbocycles. The van der Waals surface area contributed by atoms with Gasteiger partial charge in [0.25, 0.3) is 0 Å². The number of fused-ring (bicyclic) bond motifs is 3. The summed E-state index contributed by atoms with van der Waals surface area (Å²) < 4.78 is 18.4. The molecule has 2 heterocycles. The molecule has 2 atom stereocenters. The van der Waals surface area contributed by atoms with E-state index in [1.54, 1.807) is 7.11 Å². The Bertz CT molecular complexity index is 1110. The van der Waals surface area contributed by atoms with Crippen LogP contribution in [-0.2, 0) is 0 Å². The van der Waals surface area contributed by atoms with Crippen LogP contribution >= 0.6 is 15.9 Å². The van der Waals surface area contributed by atoms with Crippen molar-refractivity contribution < 1.29 is 14.2 Å². The van der Waals surface area contributed by atoms with Gasteiger partial charge >= 0.3 is 0 Å². The third-order valence-electron chi connectivity index (χ3n) is 5.65. The maximum Gasteiger partial charge on any atom is 0.213 e. The van der Waals surface area contributed by atoms with Gasteiger partial charge in [-0.2, -0.15) is 5.10 Å². The quantitative estimate of drug-likeness (QED) is 0.444. The van der Waals surface area contributed by atoms with Crippen LogP contribution in [0.4, 0.5) is 0 Å². The highest BCUT2D eigenvalue weighted by molar-refractivity contribution is 9.10. The molecule has 0 saturated heterocycles. The number of hydrogen-bond acceptors (Lipinski definition) is 5. The zero-order valence-electron chi connectivity index (χ0n) is 17.4. The zero-order valence-corrected chi connectivity index (χ0v) is 19.0. The summed E-state index contributed by atoms with van der Waals surface area (Å²) in [5.74, 6) is 2.59. The van der Waals surface area contributed by atoms with E-state index in [0.717, 1.165) is 50.5 Å². The minimum absolute atomic E-state index is 0.106. The minimum atomic E-state index is -0.301. The summed E-state index contributed by atoms with van der Waals surface area (Å²) in [5.41, 5.74) is 4.32. The number of methoxy groups -OCH3 is 1. The van der Waals surface area contributed by atoms with Gasteiger partial charge in [0.15, 0.2) is 0 Å². The maximum absolute atomic E-state index is 6.44. The number of ether oxygens (including phenoxy) is 3. The molecular weight excluding hydrogens is 456 g/mol. The summed E-state index contributed by atoms with van der Waals surface area (Å²) in [6.45, 7) is 2.63. The molecule has 0 aliphatic carbocycles. The third-order valence-corrected chi connectivity index (χ3v) is 6.14. The lowest BCUT2D eigenvalue weighted by atomic mass is 9.96. The summed E-state index contributed by atoms with van der Waals surface area (Å²) in [6.07, 6.45) is 0.511. The topological polar surface area (TPSA) is 43.3 Å². The molecule has 0 amide bonds. The van der Waals surface area contributed by atoms with Gasteiger partial charge in [-0.1, -0.05) is 15.9 Å². The molecule has 0 fully saturated rings. The Kier molecular flexibility index (Phi) is 5.32.